The van der Waals surface area contributed by atoms with E-state index in [1.165, 1.54) is 11.0 Å². The van der Waals surface area contributed by atoms with E-state index in [0.29, 0.717) is 6.42 Å². The van der Waals surface area contributed by atoms with Crippen LogP contribution in [0.2, 0.25) is 0 Å². The smallest absolute Gasteiger partial charge is 0.262 e. The molecule has 0 aliphatic carbocycles. The van der Waals surface area contributed by atoms with Gasteiger partial charge >= 0.3 is 0 Å². The molecule has 0 fully saturated rings. The van der Waals surface area contributed by atoms with Crippen LogP contribution in [0.5, 0.6) is 0 Å². The van der Waals surface area contributed by atoms with Gasteiger partial charge < -0.3 is 0 Å². The third-order valence-corrected chi connectivity index (χ3v) is 1.02. The predicted molar refractivity (Wildman–Crippen MR) is 35.1 cm³/mol. The Balaban J connectivity index is 2.48. The van der Waals surface area contributed by atoms with Crippen molar-refractivity contribution in [1.29, 1.82) is 0 Å². The van der Waals surface area contributed by atoms with E-state index in [1.807, 2.05) is 0 Å². The van der Waals surface area contributed by atoms with E-state index >= 15 is 0 Å². The first-order valence-corrected chi connectivity index (χ1v) is 3.05. The van der Waals surface area contributed by atoms with E-state index < -0.39 is 0 Å². The number of amides is 1. The molecule has 0 aliphatic rings. The summed E-state index contributed by atoms with van der Waals surface area (Å²) in [7, 11) is 0. The van der Waals surface area contributed by atoms with E-state index in [2.05, 4.69) is 10.4 Å². The molecule has 1 heterocycles. The zero-order valence-corrected chi connectivity index (χ0v) is 5.69. The topological polar surface area (TPSA) is 49.0 Å². The molecular weight excluding hydrogens is 130 g/mol. The van der Waals surface area contributed by atoms with Gasteiger partial charge in [-0.3, -0.25) is 4.79 Å². The normalized spacial score (nSPS) is 9.30. The van der Waals surface area contributed by atoms with Crippen molar-refractivity contribution in [3.8, 4) is 0 Å². The minimum atomic E-state index is -0.141. The predicted octanol–water partition coefficient (Wildman–Crippen LogP) is 0.187. The largest absolute Gasteiger partial charge is 0.271 e. The molecule has 1 aromatic rings. The number of carbonyl (C=O) groups excluding carboxylic acids is 1. The van der Waals surface area contributed by atoms with Crippen LogP contribution in [-0.4, -0.2) is 15.6 Å². The molecule has 1 radical (unpaired) electrons. The highest BCUT2D eigenvalue weighted by molar-refractivity contribution is 5.74. The lowest BCUT2D eigenvalue weighted by atomic mass is 10.5. The molecule has 0 bridgehead atoms. The Morgan fingerprint density at radius 1 is 1.80 bits per heavy atom. The molecule has 0 saturated heterocycles. The van der Waals surface area contributed by atoms with Crippen LogP contribution in [0, 0.1) is 0 Å². The van der Waals surface area contributed by atoms with Gasteiger partial charge in [-0.1, -0.05) is 6.92 Å². The highest BCUT2D eigenvalue weighted by Crippen LogP contribution is 1.82. The number of rotatable bonds is 2. The zero-order valence-electron chi connectivity index (χ0n) is 5.69. The molecule has 0 atom stereocenters. The van der Waals surface area contributed by atoms with E-state index in [1.54, 1.807) is 19.3 Å². The SMILES string of the molecule is CCC(=O)[N]n1ccnc1. The number of aromatic nitrogens is 2. The lowest BCUT2D eigenvalue weighted by molar-refractivity contribution is -0.122. The van der Waals surface area contributed by atoms with Gasteiger partial charge in [0.25, 0.3) is 5.91 Å². The van der Waals surface area contributed by atoms with Gasteiger partial charge in [0.2, 0.25) is 0 Å². The minimum Gasteiger partial charge on any atom is -0.271 e. The first-order valence-electron chi connectivity index (χ1n) is 3.05. The van der Waals surface area contributed by atoms with Crippen molar-refractivity contribution < 1.29 is 4.79 Å². The maximum absolute atomic E-state index is 10.7. The molecule has 10 heavy (non-hydrogen) atoms. The quantitative estimate of drug-likeness (QED) is 0.585. The molecule has 1 amide bonds. The van der Waals surface area contributed by atoms with Crippen molar-refractivity contribution >= 4 is 5.91 Å². The molecule has 0 spiro atoms. The maximum atomic E-state index is 10.7. The highest BCUT2D eigenvalue weighted by Gasteiger charge is 1.97. The van der Waals surface area contributed by atoms with Crippen molar-refractivity contribution in [2.45, 2.75) is 13.3 Å². The van der Waals surface area contributed by atoms with Crippen LogP contribution in [0.1, 0.15) is 13.3 Å². The highest BCUT2D eigenvalue weighted by atomic mass is 16.2. The Morgan fingerprint density at radius 2 is 2.60 bits per heavy atom. The van der Waals surface area contributed by atoms with Gasteiger partial charge in [-0.15, -0.1) is 5.43 Å². The molecule has 0 saturated carbocycles. The fourth-order valence-electron chi connectivity index (χ4n) is 0.511. The Morgan fingerprint density at radius 3 is 3.10 bits per heavy atom. The van der Waals surface area contributed by atoms with Gasteiger partial charge in [-0.25, -0.2) is 9.66 Å². The van der Waals surface area contributed by atoms with Gasteiger partial charge in [0.15, 0.2) is 0 Å². The third kappa shape index (κ3) is 1.58. The van der Waals surface area contributed by atoms with Crippen LogP contribution in [0.3, 0.4) is 0 Å². The van der Waals surface area contributed by atoms with E-state index in [-0.39, 0.29) is 5.91 Å². The molecule has 0 aliphatic heterocycles. The average molecular weight is 138 g/mol. The van der Waals surface area contributed by atoms with Crippen molar-refractivity contribution in [3.05, 3.63) is 18.7 Å². The van der Waals surface area contributed by atoms with Crippen molar-refractivity contribution in [3.63, 3.8) is 0 Å². The first-order chi connectivity index (χ1) is 4.83. The second-order valence-corrected chi connectivity index (χ2v) is 1.79. The summed E-state index contributed by atoms with van der Waals surface area (Å²) in [4.78, 5) is 14.4. The molecule has 0 aromatic carbocycles. The summed E-state index contributed by atoms with van der Waals surface area (Å²) in [6, 6.07) is 0. The summed E-state index contributed by atoms with van der Waals surface area (Å²) in [6.45, 7) is 1.77. The lowest BCUT2D eigenvalue weighted by Gasteiger charge is -1.95. The van der Waals surface area contributed by atoms with Crippen LogP contribution < -0.4 is 5.43 Å². The molecule has 4 heteroatoms. The molecule has 4 nitrogen and oxygen atoms in total. The molecule has 0 N–H and O–H groups in total. The summed E-state index contributed by atoms with van der Waals surface area (Å²) < 4.78 is 1.39. The van der Waals surface area contributed by atoms with Crippen LogP contribution in [0.15, 0.2) is 18.7 Å². The van der Waals surface area contributed by atoms with Crippen molar-refractivity contribution in [2.24, 2.45) is 0 Å². The lowest BCUT2D eigenvalue weighted by Crippen LogP contribution is -2.18. The van der Waals surface area contributed by atoms with Crippen LogP contribution in [0.25, 0.3) is 0 Å². The van der Waals surface area contributed by atoms with E-state index in [9.17, 15) is 4.79 Å². The maximum Gasteiger partial charge on any atom is 0.262 e. The second-order valence-electron chi connectivity index (χ2n) is 1.79. The molecule has 1 aromatic heterocycles. The van der Waals surface area contributed by atoms with Crippen LogP contribution in [-0.2, 0) is 4.79 Å². The summed E-state index contributed by atoms with van der Waals surface area (Å²) in [5.74, 6) is -0.141. The Labute approximate surface area is 58.8 Å². The van der Waals surface area contributed by atoms with Gasteiger partial charge in [-0.2, -0.15) is 0 Å². The summed E-state index contributed by atoms with van der Waals surface area (Å²) in [6.07, 6.45) is 5.10. The van der Waals surface area contributed by atoms with Gasteiger partial charge in [-0.05, 0) is 0 Å². The van der Waals surface area contributed by atoms with E-state index in [0.717, 1.165) is 0 Å². The Bertz CT molecular complexity index is 205. The number of hydrogen-bond acceptors (Lipinski definition) is 2. The second kappa shape index (κ2) is 3.00. The fraction of sp³-hybridized carbons (Fsp3) is 0.333. The summed E-state index contributed by atoms with van der Waals surface area (Å²) in [5, 5.41) is 0. The van der Waals surface area contributed by atoms with Crippen molar-refractivity contribution in [2.75, 3.05) is 0 Å². The minimum absolute atomic E-state index is 0.141. The molecular formula is C6H8N3O. The van der Waals surface area contributed by atoms with Crippen molar-refractivity contribution in [1.82, 2.24) is 15.1 Å². The van der Waals surface area contributed by atoms with Crippen LogP contribution >= 0.6 is 0 Å². The standard InChI is InChI=1S/C6H8N3O/c1-2-6(10)8-9-4-3-7-5-9/h3-5H,2H2,1H3. The first kappa shape index (κ1) is 6.80. The zero-order chi connectivity index (χ0) is 7.40. The number of imidazole rings is 1. The molecule has 0 unspecified atom stereocenters. The van der Waals surface area contributed by atoms with Gasteiger partial charge in [0, 0.05) is 18.8 Å². The summed E-state index contributed by atoms with van der Waals surface area (Å²) >= 11 is 0. The summed E-state index contributed by atoms with van der Waals surface area (Å²) in [5.41, 5.74) is 3.65. The van der Waals surface area contributed by atoms with E-state index in [4.69, 9.17) is 0 Å². The third-order valence-electron chi connectivity index (χ3n) is 1.02. The average Bonchev–Trinajstić information content (AvgIpc) is 2.40. The molecule has 53 valence electrons. The van der Waals surface area contributed by atoms with Gasteiger partial charge in [0.1, 0.15) is 6.33 Å². The monoisotopic (exact) mass is 138 g/mol. The number of hydrogen-bond donors (Lipinski definition) is 0. The Kier molecular flexibility index (Phi) is 2.04. The Hall–Kier alpha value is -1.32. The molecule has 1 rings (SSSR count). The number of nitrogens with zero attached hydrogens (tertiary/aromatic N) is 3. The number of carbonyl (C=O) groups is 1. The fourth-order valence-corrected chi connectivity index (χ4v) is 0.511. The van der Waals surface area contributed by atoms with Gasteiger partial charge in [0.05, 0.1) is 0 Å². The van der Waals surface area contributed by atoms with Crippen LogP contribution in [0.4, 0.5) is 0 Å².